The first kappa shape index (κ1) is 36.7. The van der Waals surface area contributed by atoms with Gasteiger partial charge in [-0.05, 0) is 18.6 Å². The number of rotatable bonds is 30. The highest BCUT2D eigenvalue weighted by Crippen LogP contribution is 2.16. The van der Waals surface area contributed by atoms with Crippen LogP contribution in [0.1, 0.15) is 19.3 Å². The number of amides is 1. The lowest BCUT2D eigenvalue weighted by molar-refractivity contribution is -0.138. The molecule has 0 bridgehead atoms. The fourth-order valence-electron chi connectivity index (χ4n) is 3.25. The van der Waals surface area contributed by atoms with Crippen molar-refractivity contribution >= 4 is 23.4 Å². The molecule has 0 heterocycles. The molecule has 0 aromatic heterocycles. The number of allylic oxidation sites excluding steroid dienone is 2. The number of aliphatic carboxylic acids is 1. The first-order valence-electron chi connectivity index (χ1n) is 13.9. The van der Waals surface area contributed by atoms with E-state index in [9.17, 15) is 19.2 Å². The highest BCUT2D eigenvalue weighted by molar-refractivity contribution is 6.18. The van der Waals surface area contributed by atoms with Gasteiger partial charge in [-0.3, -0.25) is 19.2 Å². The van der Waals surface area contributed by atoms with Crippen LogP contribution in [0.15, 0.2) is 12.2 Å². The third-order valence-electron chi connectivity index (χ3n) is 5.39. The average Bonchev–Trinajstić information content (AvgIpc) is 3.27. The fourth-order valence-corrected chi connectivity index (χ4v) is 3.25. The van der Waals surface area contributed by atoms with Gasteiger partial charge in [0.15, 0.2) is 11.6 Å². The van der Waals surface area contributed by atoms with E-state index < -0.39 is 11.9 Å². The van der Waals surface area contributed by atoms with Gasteiger partial charge in [0, 0.05) is 13.0 Å². The molecule has 2 N–H and O–H groups in total. The number of ether oxygens (including phenoxy) is 8. The number of carbonyl (C=O) groups is 4. The van der Waals surface area contributed by atoms with Gasteiger partial charge in [-0.15, -0.1) is 0 Å². The molecule has 0 saturated heterocycles. The molecule has 41 heavy (non-hydrogen) atoms. The summed E-state index contributed by atoms with van der Waals surface area (Å²) in [6.07, 6.45) is 2.86. The molecule has 14 heteroatoms. The Balaban J connectivity index is 1.68. The van der Waals surface area contributed by atoms with Gasteiger partial charge in [0.05, 0.1) is 118 Å². The molecule has 0 saturated carbocycles. The zero-order valence-electron chi connectivity index (χ0n) is 23.7. The van der Waals surface area contributed by atoms with Crippen LogP contribution in [0.4, 0.5) is 0 Å². The Morgan fingerprint density at radius 2 is 0.902 bits per heavy atom. The predicted octanol–water partition coefficient (Wildman–Crippen LogP) is -0.185. The lowest BCUT2D eigenvalue weighted by Gasteiger charge is -2.09. The van der Waals surface area contributed by atoms with Crippen molar-refractivity contribution in [3.05, 3.63) is 12.2 Å². The second-order valence-electron chi connectivity index (χ2n) is 8.62. The minimum absolute atomic E-state index is 0.0115. The van der Waals surface area contributed by atoms with Crippen molar-refractivity contribution in [2.45, 2.75) is 19.3 Å². The predicted molar refractivity (Wildman–Crippen MR) is 144 cm³/mol. The van der Waals surface area contributed by atoms with E-state index in [-0.39, 0.29) is 43.3 Å². The Labute approximate surface area is 240 Å². The molecule has 1 rings (SSSR count). The number of carboxylic acids is 1. The summed E-state index contributed by atoms with van der Waals surface area (Å²) in [5, 5.41) is 11.2. The fraction of sp³-hybridized carbons (Fsp3) is 0.778. The van der Waals surface area contributed by atoms with Crippen molar-refractivity contribution in [2.24, 2.45) is 5.92 Å². The Morgan fingerprint density at radius 3 is 1.27 bits per heavy atom. The standard InChI is InChI=1S/C27H45NO13/c29-24-2-3-25(30)23(24)1-4-26(31)28-6-8-35-10-12-37-14-16-39-18-20-41-22-21-40-19-17-38-15-13-36-11-9-34-7-5-27(32)33/h2-3,23H,1,4-22H2,(H,28,31)(H,32,33). The zero-order chi connectivity index (χ0) is 29.8. The van der Waals surface area contributed by atoms with E-state index in [2.05, 4.69) is 5.32 Å². The lowest BCUT2D eigenvalue weighted by Crippen LogP contribution is -2.28. The van der Waals surface area contributed by atoms with Crippen LogP contribution >= 0.6 is 0 Å². The SMILES string of the molecule is O=C(O)CCOCCOCCOCCOCCOCCOCCOCCOCCNC(=O)CCC1C(=O)C=CC1=O. The maximum atomic E-state index is 11.8. The van der Waals surface area contributed by atoms with Crippen LogP contribution in [0.2, 0.25) is 0 Å². The topological polar surface area (TPSA) is 174 Å². The van der Waals surface area contributed by atoms with E-state index in [4.69, 9.17) is 43.0 Å². The quantitative estimate of drug-likeness (QED) is 0.0832. The molecule has 1 aliphatic carbocycles. The van der Waals surface area contributed by atoms with Gasteiger partial charge in [-0.25, -0.2) is 0 Å². The number of carbonyl (C=O) groups excluding carboxylic acids is 3. The third kappa shape index (κ3) is 23.0. The van der Waals surface area contributed by atoms with E-state index in [0.29, 0.717) is 106 Å². The molecular formula is C27H45NO13. The normalized spacial score (nSPS) is 13.4. The van der Waals surface area contributed by atoms with E-state index in [1.54, 1.807) is 0 Å². The van der Waals surface area contributed by atoms with Crippen molar-refractivity contribution in [3.63, 3.8) is 0 Å². The second-order valence-corrected chi connectivity index (χ2v) is 8.62. The Bertz CT molecular complexity index is 729. The summed E-state index contributed by atoms with van der Waals surface area (Å²) in [6, 6.07) is 0. The highest BCUT2D eigenvalue weighted by atomic mass is 16.6. The third-order valence-corrected chi connectivity index (χ3v) is 5.39. The summed E-state index contributed by atoms with van der Waals surface area (Å²) < 4.78 is 42.8. The molecule has 0 spiro atoms. The van der Waals surface area contributed by atoms with Crippen molar-refractivity contribution < 1.29 is 62.2 Å². The van der Waals surface area contributed by atoms with Crippen LogP contribution in [0.3, 0.4) is 0 Å². The number of ketones is 2. The number of hydrogen-bond acceptors (Lipinski definition) is 12. The van der Waals surface area contributed by atoms with Crippen LogP contribution in [-0.4, -0.2) is 141 Å². The van der Waals surface area contributed by atoms with Gasteiger partial charge in [0.2, 0.25) is 5.91 Å². The molecule has 0 fully saturated rings. The summed E-state index contributed by atoms with van der Waals surface area (Å²) in [6.45, 7) is 6.90. The summed E-state index contributed by atoms with van der Waals surface area (Å²) in [5.74, 6) is -2.28. The molecule has 236 valence electrons. The molecule has 0 radical (unpaired) electrons. The monoisotopic (exact) mass is 591 g/mol. The molecule has 0 atom stereocenters. The molecule has 14 nitrogen and oxygen atoms in total. The van der Waals surface area contributed by atoms with Gasteiger partial charge in [0.1, 0.15) is 0 Å². The van der Waals surface area contributed by atoms with E-state index in [1.165, 1.54) is 12.2 Å². The summed E-state index contributed by atoms with van der Waals surface area (Å²) in [4.78, 5) is 45.1. The molecule has 0 aliphatic heterocycles. The van der Waals surface area contributed by atoms with Crippen LogP contribution in [0, 0.1) is 5.92 Å². The van der Waals surface area contributed by atoms with Crippen LogP contribution in [0.5, 0.6) is 0 Å². The van der Waals surface area contributed by atoms with Crippen LogP contribution in [0.25, 0.3) is 0 Å². The maximum Gasteiger partial charge on any atom is 0.305 e. The minimum atomic E-state index is -0.883. The van der Waals surface area contributed by atoms with Gasteiger partial charge in [-0.1, -0.05) is 0 Å². The van der Waals surface area contributed by atoms with E-state index in [0.717, 1.165) is 0 Å². The Kier molecular flexibility index (Phi) is 23.8. The van der Waals surface area contributed by atoms with Crippen molar-refractivity contribution in [1.29, 1.82) is 0 Å². The van der Waals surface area contributed by atoms with E-state index >= 15 is 0 Å². The van der Waals surface area contributed by atoms with Crippen molar-refractivity contribution in [2.75, 3.05) is 112 Å². The number of hydrogen-bond donors (Lipinski definition) is 2. The summed E-state index contributed by atoms with van der Waals surface area (Å²) in [5.41, 5.74) is 0. The zero-order valence-corrected chi connectivity index (χ0v) is 23.7. The highest BCUT2D eigenvalue weighted by Gasteiger charge is 2.28. The maximum absolute atomic E-state index is 11.8. The molecule has 0 unspecified atom stereocenters. The van der Waals surface area contributed by atoms with Gasteiger partial charge < -0.3 is 48.3 Å². The van der Waals surface area contributed by atoms with Crippen LogP contribution < -0.4 is 5.32 Å². The van der Waals surface area contributed by atoms with Crippen LogP contribution in [-0.2, 0) is 57.1 Å². The molecular weight excluding hydrogens is 546 g/mol. The lowest BCUT2D eigenvalue weighted by atomic mass is 9.99. The largest absolute Gasteiger partial charge is 0.481 e. The molecule has 0 aromatic rings. The first-order valence-corrected chi connectivity index (χ1v) is 13.9. The number of nitrogens with one attached hydrogen (secondary N) is 1. The summed E-state index contributed by atoms with van der Waals surface area (Å²) in [7, 11) is 0. The second kappa shape index (κ2) is 26.6. The molecule has 1 aliphatic rings. The van der Waals surface area contributed by atoms with Gasteiger partial charge in [-0.2, -0.15) is 0 Å². The van der Waals surface area contributed by atoms with Gasteiger partial charge in [0.25, 0.3) is 0 Å². The smallest absolute Gasteiger partial charge is 0.305 e. The Hall–Kier alpha value is -2.30. The van der Waals surface area contributed by atoms with Gasteiger partial charge >= 0.3 is 5.97 Å². The minimum Gasteiger partial charge on any atom is -0.481 e. The van der Waals surface area contributed by atoms with E-state index in [1.807, 2.05) is 0 Å². The first-order chi connectivity index (χ1) is 20.0. The Morgan fingerprint density at radius 1 is 0.561 bits per heavy atom. The summed E-state index contributed by atoms with van der Waals surface area (Å²) >= 11 is 0. The molecule has 0 aromatic carbocycles. The average molecular weight is 592 g/mol. The van der Waals surface area contributed by atoms with Crippen molar-refractivity contribution in [3.8, 4) is 0 Å². The molecule has 1 amide bonds. The number of carboxylic acid groups (broad SMARTS) is 1. The van der Waals surface area contributed by atoms with Crippen molar-refractivity contribution in [1.82, 2.24) is 5.32 Å².